The van der Waals surface area contributed by atoms with Gasteiger partial charge in [0.15, 0.2) is 0 Å². The second kappa shape index (κ2) is 68.6. The molecule has 6 nitrogen and oxygen atoms in total. The van der Waals surface area contributed by atoms with Crippen molar-refractivity contribution in [1.29, 1.82) is 0 Å². The summed E-state index contributed by atoms with van der Waals surface area (Å²) in [7, 11) is 0. The predicted molar refractivity (Wildman–Crippen MR) is 347 cm³/mol. The molecule has 0 saturated carbocycles. The first kappa shape index (κ1) is 77.1. The molecule has 3 N–H and O–H groups in total. The molecule has 2 unspecified atom stereocenters. The monoisotopic (exact) mass is 1110 g/mol. The fourth-order valence-corrected chi connectivity index (χ4v) is 11.2. The van der Waals surface area contributed by atoms with Crippen LogP contribution in [-0.4, -0.2) is 47.4 Å². The minimum atomic E-state index is -0.844. The third kappa shape index (κ3) is 65.1. The molecule has 1 amide bonds. The van der Waals surface area contributed by atoms with Crippen LogP contribution in [0.25, 0.3) is 0 Å². The van der Waals surface area contributed by atoms with E-state index in [4.69, 9.17) is 4.74 Å². The molecule has 0 radical (unpaired) electrons. The van der Waals surface area contributed by atoms with Gasteiger partial charge in [-0.25, -0.2) is 0 Å². The van der Waals surface area contributed by atoms with Gasteiger partial charge in [0.05, 0.1) is 25.4 Å². The second-order valence-electron chi connectivity index (χ2n) is 24.6. The molecule has 0 aromatic rings. The molecule has 0 aliphatic heterocycles. The summed E-state index contributed by atoms with van der Waals surface area (Å²) in [6.45, 7) is 4.87. The highest BCUT2D eigenvalue weighted by atomic mass is 16.5. The molecule has 0 aromatic heterocycles. The van der Waals surface area contributed by atoms with Gasteiger partial charge in [0.1, 0.15) is 0 Å². The first-order chi connectivity index (χ1) is 39.0. The maximum Gasteiger partial charge on any atom is 0.305 e. The zero-order valence-corrected chi connectivity index (χ0v) is 53.4. The summed E-state index contributed by atoms with van der Waals surface area (Å²) in [6, 6.07) is -0.627. The number of amides is 1. The maximum absolute atomic E-state index is 12.5. The molecule has 0 aliphatic rings. The number of ether oxygens (including phenoxy) is 1. The molecule has 79 heavy (non-hydrogen) atoms. The third-order valence-electron chi connectivity index (χ3n) is 16.6. The molecule has 6 heteroatoms. The molecule has 0 saturated heterocycles. The molecule has 0 fully saturated rings. The van der Waals surface area contributed by atoms with Crippen molar-refractivity contribution in [3.63, 3.8) is 0 Å². The Morgan fingerprint density at radius 3 is 1.01 bits per heavy atom. The number of unbranched alkanes of at least 4 members (excludes halogenated alkanes) is 52. The van der Waals surface area contributed by atoms with Crippen molar-refractivity contribution in [2.45, 2.75) is 405 Å². The lowest BCUT2D eigenvalue weighted by Crippen LogP contribution is -2.45. The SMILES string of the molecule is CCC/C=C\C/C=C\CCCCCCCC(=O)OCCCCCCCCCCCCCCCCCCCCCCCCCCCCCC(=O)NC(CO)C(O)/C=C/CCCCCCCCCCCCCCCCCCCCCC. The highest BCUT2D eigenvalue weighted by molar-refractivity contribution is 5.76. The van der Waals surface area contributed by atoms with E-state index in [1.165, 1.54) is 315 Å². The highest BCUT2D eigenvalue weighted by Crippen LogP contribution is 2.19. The van der Waals surface area contributed by atoms with E-state index in [1.54, 1.807) is 6.08 Å². The van der Waals surface area contributed by atoms with Crippen molar-refractivity contribution in [3.05, 3.63) is 36.5 Å². The summed E-state index contributed by atoms with van der Waals surface area (Å²) < 4.78 is 5.48. The first-order valence-electron chi connectivity index (χ1n) is 35.8. The lowest BCUT2D eigenvalue weighted by molar-refractivity contribution is -0.143. The average Bonchev–Trinajstić information content (AvgIpc) is 3.45. The van der Waals surface area contributed by atoms with E-state index in [2.05, 4.69) is 43.5 Å². The Hall–Kier alpha value is -1.92. The lowest BCUT2D eigenvalue weighted by Gasteiger charge is -2.20. The van der Waals surface area contributed by atoms with Crippen LogP contribution in [0, 0.1) is 0 Å². The normalized spacial score (nSPS) is 12.7. The number of hydrogen-bond donors (Lipinski definition) is 3. The topological polar surface area (TPSA) is 95.9 Å². The van der Waals surface area contributed by atoms with E-state index in [-0.39, 0.29) is 18.5 Å². The van der Waals surface area contributed by atoms with Crippen molar-refractivity contribution in [2.24, 2.45) is 0 Å². The van der Waals surface area contributed by atoms with Crippen LogP contribution < -0.4 is 5.32 Å². The summed E-state index contributed by atoms with van der Waals surface area (Å²) in [6.07, 6.45) is 88.0. The zero-order chi connectivity index (χ0) is 57.1. The predicted octanol–water partition coefficient (Wildman–Crippen LogP) is 23.1. The number of aliphatic hydroxyl groups is 2. The Morgan fingerprint density at radius 2 is 0.658 bits per heavy atom. The smallest absolute Gasteiger partial charge is 0.305 e. The Morgan fingerprint density at radius 1 is 0.354 bits per heavy atom. The van der Waals surface area contributed by atoms with Gasteiger partial charge in [0, 0.05) is 12.8 Å². The number of carbonyl (C=O) groups excluding carboxylic acids is 2. The molecule has 0 heterocycles. The Kier molecular flexibility index (Phi) is 66.9. The molecule has 0 spiro atoms. The molecule has 0 aromatic carbocycles. The number of hydrogen-bond acceptors (Lipinski definition) is 5. The quantitative estimate of drug-likeness (QED) is 0.0320. The van der Waals surface area contributed by atoms with Crippen LogP contribution in [0.3, 0.4) is 0 Å². The van der Waals surface area contributed by atoms with Gasteiger partial charge in [0.2, 0.25) is 5.91 Å². The molecular weight excluding hydrogens is 971 g/mol. The van der Waals surface area contributed by atoms with Gasteiger partial charge in [-0.15, -0.1) is 0 Å². The molecule has 466 valence electrons. The summed E-state index contributed by atoms with van der Waals surface area (Å²) in [4.78, 5) is 24.6. The first-order valence-corrected chi connectivity index (χ1v) is 35.8. The van der Waals surface area contributed by atoms with Gasteiger partial charge in [-0.2, -0.15) is 0 Å². The fourth-order valence-electron chi connectivity index (χ4n) is 11.2. The van der Waals surface area contributed by atoms with E-state index >= 15 is 0 Å². The van der Waals surface area contributed by atoms with E-state index < -0.39 is 12.1 Å². The van der Waals surface area contributed by atoms with E-state index in [1.807, 2.05) is 6.08 Å². The van der Waals surface area contributed by atoms with Crippen LogP contribution in [0.2, 0.25) is 0 Å². The maximum atomic E-state index is 12.5. The number of aliphatic hydroxyl groups excluding tert-OH is 2. The molecule has 0 aliphatic carbocycles. The molecular formula is C73H139NO5. The van der Waals surface area contributed by atoms with Gasteiger partial charge in [-0.3, -0.25) is 9.59 Å². The highest BCUT2D eigenvalue weighted by Gasteiger charge is 2.18. The van der Waals surface area contributed by atoms with Crippen LogP contribution in [0.4, 0.5) is 0 Å². The number of rotatable bonds is 67. The Labute approximate surface area is 494 Å². The Bertz CT molecular complexity index is 1280. The molecule has 2 atom stereocenters. The largest absolute Gasteiger partial charge is 0.466 e. The lowest BCUT2D eigenvalue weighted by atomic mass is 10.0. The van der Waals surface area contributed by atoms with E-state index in [0.717, 1.165) is 51.4 Å². The van der Waals surface area contributed by atoms with Gasteiger partial charge >= 0.3 is 5.97 Å². The van der Waals surface area contributed by atoms with Crippen molar-refractivity contribution >= 4 is 11.9 Å². The van der Waals surface area contributed by atoms with Crippen molar-refractivity contribution < 1.29 is 24.5 Å². The zero-order valence-electron chi connectivity index (χ0n) is 53.4. The number of esters is 1. The van der Waals surface area contributed by atoms with Crippen LogP contribution in [-0.2, 0) is 14.3 Å². The van der Waals surface area contributed by atoms with Gasteiger partial charge in [-0.1, -0.05) is 359 Å². The second-order valence-corrected chi connectivity index (χ2v) is 24.6. The Balaban J connectivity index is 3.38. The average molecular weight is 1110 g/mol. The van der Waals surface area contributed by atoms with Crippen LogP contribution >= 0.6 is 0 Å². The van der Waals surface area contributed by atoms with Crippen molar-refractivity contribution in [3.8, 4) is 0 Å². The summed E-state index contributed by atoms with van der Waals surface area (Å²) in [5.41, 5.74) is 0. The van der Waals surface area contributed by atoms with Gasteiger partial charge < -0.3 is 20.3 Å². The minimum Gasteiger partial charge on any atom is -0.466 e. The van der Waals surface area contributed by atoms with Gasteiger partial charge in [0.25, 0.3) is 0 Å². The van der Waals surface area contributed by atoms with Crippen molar-refractivity contribution in [1.82, 2.24) is 5.32 Å². The molecule has 0 rings (SSSR count). The fraction of sp³-hybridized carbons (Fsp3) is 0.890. The standard InChI is InChI=1S/C73H139NO5/c1-3-5-7-9-11-13-15-17-18-19-20-21-29-32-35-38-42-45-49-53-57-61-65-71(76)70(69-75)74-72(77)66-62-58-54-50-46-43-39-36-33-30-27-25-23-22-24-26-28-31-34-37-40-44-48-52-56-60-64-68-79-73(78)67-63-59-55-51-47-41-16-14-12-10-8-6-4-2/h8,10,14,16,61,65,70-71,75-76H,3-7,9,11-13,15,17-60,62-64,66-69H2,1-2H3,(H,74,77)/b10-8-,16-14-,65-61+. The third-order valence-corrected chi connectivity index (χ3v) is 16.6. The van der Waals surface area contributed by atoms with E-state index in [0.29, 0.717) is 19.4 Å². The minimum absolute atomic E-state index is 0.00271. The summed E-state index contributed by atoms with van der Waals surface area (Å²) in [5.74, 6) is -0.0587. The van der Waals surface area contributed by atoms with Crippen molar-refractivity contribution in [2.75, 3.05) is 13.2 Å². The molecule has 0 bridgehead atoms. The van der Waals surface area contributed by atoms with E-state index in [9.17, 15) is 19.8 Å². The van der Waals surface area contributed by atoms with Gasteiger partial charge in [-0.05, 0) is 57.8 Å². The van der Waals surface area contributed by atoms with Crippen LogP contribution in [0.5, 0.6) is 0 Å². The number of allylic oxidation sites excluding steroid dienone is 5. The summed E-state index contributed by atoms with van der Waals surface area (Å²) in [5, 5.41) is 23.3. The van der Waals surface area contributed by atoms with Crippen LogP contribution in [0.15, 0.2) is 36.5 Å². The number of nitrogens with one attached hydrogen (secondary N) is 1. The number of carbonyl (C=O) groups is 2. The van der Waals surface area contributed by atoms with Crippen LogP contribution in [0.1, 0.15) is 393 Å². The summed E-state index contributed by atoms with van der Waals surface area (Å²) >= 11 is 0.